The molecule has 1 unspecified atom stereocenters. The molecule has 3 aromatic rings. The molecule has 12 heteroatoms. The Hall–Kier alpha value is -2.92. The molecule has 2 aliphatic rings. The van der Waals surface area contributed by atoms with Crippen LogP contribution in [0.4, 0.5) is 8.78 Å². The highest BCUT2D eigenvalue weighted by atomic mass is 35.5. The van der Waals surface area contributed by atoms with Crippen LogP contribution in [-0.2, 0) is 17.9 Å². The number of alkyl halides is 2. The summed E-state index contributed by atoms with van der Waals surface area (Å²) in [6, 6.07) is 17.6. The molecule has 1 amide bonds. The van der Waals surface area contributed by atoms with Gasteiger partial charge in [-0.15, -0.1) is 0 Å². The van der Waals surface area contributed by atoms with E-state index in [1.54, 1.807) is 30.3 Å². The first kappa shape index (κ1) is 34.4. The van der Waals surface area contributed by atoms with Crippen LogP contribution in [0.1, 0.15) is 36.0 Å². The van der Waals surface area contributed by atoms with E-state index in [1.807, 2.05) is 35.2 Å². The second-order valence-electron chi connectivity index (χ2n) is 11.2. The molecule has 1 fully saturated rings. The van der Waals surface area contributed by atoms with E-state index < -0.39 is 19.0 Å². The van der Waals surface area contributed by atoms with Crippen LogP contribution in [-0.4, -0.2) is 67.3 Å². The number of amides is 1. The summed E-state index contributed by atoms with van der Waals surface area (Å²) in [4.78, 5) is 16.1. The number of hydrogen-bond donors (Lipinski definition) is 3. The van der Waals surface area contributed by atoms with Crippen LogP contribution in [0.2, 0.25) is 15.1 Å². The van der Waals surface area contributed by atoms with Crippen molar-refractivity contribution in [3.05, 3.63) is 98.0 Å². The number of para-hydroxylation sites is 1. The van der Waals surface area contributed by atoms with E-state index in [2.05, 4.69) is 10.6 Å². The average Bonchev–Trinajstić information content (AvgIpc) is 3.89. The van der Waals surface area contributed by atoms with Gasteiger partial charge in [-0.25, -0.2) is 8.78 Å². The molecule has 1 aliphatic heterocycles. The third kappa shape index (κ3) is 8.91. The molecule has 0 aromatic heterocycles. The van der Waals surface area contributed by atoms with Crippen molar-refractivity contribution in [2.24, 2.45) is 0 Å². The predicted molar refractivity (Wildman–Crippen MR) is 177 cm³/mol. The number of nitrogens with one attached hydrogen (secondary N) is 2. The fourth-order valence-electron chi connectivity index (χ4n) is 5.50. The summed E-state index contributed by atoms with van der Waals surface area (Å²) in [6.45, 7) is 1.03. The normalized spacial score (nSPS) is 16.5. The Balaban J connectivity index is 1.31. The zero-order valence-electron chi connectivity index (χ0n) is 25.1. The number of halogens is 5. The summed E-state index contributed by atoms with van der Waals surface area (Å²) in [6.07, 6.45) is -0.0901. The molecule has 1 heterocycles. The maximum absolute atomic E-state index is 14.3. The van der Waals surface area contributed by atoms with Gasteiger partial charge in [0.1, 0.15) is 19.0 Å². The fourth-order valence-corrected chi connectivity index (χ4v) is 6.19. The molecule has 1 atom stereocenters. The second-order valence-corrected chi connectivity index (χ2v) is 12.4. The first-order valence-electron chi connectivity index (χ1n) is 15.2. The van der Waals surface area contributed by atoms with Gasteiger partial charge in [-0.05, 0) is 78.4 Å². The van der Waals surface area contributed by atoms with Crippen LogP contribution in [0.25, 0.3) is 5.57 Å². The summed E-state index contributed by atoms with van der Waals surface area (Å²) < 4.78 is 36.8. The van der Waals surface area contributed by atoms with E-state index in [4.69, 9.17) is 44.3 Å². The lowest BCUT2D eigenvalue weighted by Gasteiger charge is -2.33. The second kappa shape index (κ2) is 16.3. The van der Waals surface area contributed by atoms with Crippen molar-refractivity contribution in [2.75, 3.05) is 32.9 Å². The third-order valence-electron chi connectivity index (χ3n) is 7.90. The standard InChI is InChI=1S/C34H36Cl3F2N3O4/c35-27-11-4-21(17-40-18-31(38)39)16-23(27)19-42(24-7-8-24)34(44)32-26(12-13-41-30(32)20-43)22-5-9-25(10-6-22)45-14-15-46-33-28(36)2-1-3-29(33)37/h1-6,9-11,16,24,30-31,40-41,43H,7-8,12-15,17-20H2. The minimum Gasteiger partial charge on any atom is -0.490 e. The lowest BCUT2D eigenvalue weighted by Crippen LogP contribution is -2.46. The van der Waals surface area contributed by atoms with E-state index in [0.717, 1.165) is 35.1 Å². The molecule has 7 nitrogen and oxygen atoms in total. The van der Waals surface area contributed by atoms with Crippen LogP contribution in [0.3, 0.4) is 0 Å². The quantitative estimate of drug-likeness (QED) is 0.153. The number of aliphatic hydroxyl groups is 1. The van der Waals surface area contributed by atoms with Crippen LogP contribution in [0, 0.1) is 0 Å². The first-order chi connectivity index (χ1) is 22.2. The Labute approximate surface area is 282 Å². The topological polar surface area (TPSA) is 83.1 Å². The molecule has 0 bridgehead atoms. The molecule has 0 radical (unpaired) electrons. The van der Waals surface area contributed by atoms with E-state index in [0.29, 0.717) is 45.1 Å². The van der Waals surface area contributed by atoms with Crippen molar-refractivity contribution in [2.45, 2.75) is 50.9 Å². The summed E-state index contributed by atoms with van der Waals surface area (Å²) in [7, 11) is 0. The minimum absolute atomic E-state index is 0.0536. The number of carbonyl (C=O) groups is 1. The van der Waals surface area contributed by atoms with E-state index in [-0.39, 0.29) is 44.9 Å². The molecule has 1 aliphatic carbocycles. The molecule has 5 rings (SSSR count). The minimum atomic E-state index is -2.44. The summed E-state index contributed by atoms with van der Waals surface area (Å²) in [5.74, 6) is 0.892. The Morgan fingerprint density at radius 2 is 1.72 bits per heavy atom. The zero-order chi connectivity index (χ0) is 32.6. The number of carbonyl (C=O) groups excluding carboxylic acids is 1. The molecule has 0 spiro atoms. The van der Waals surface area contributed by atoms with E-state index >= 15 is 0 Å². The Kier molecular flexibility index (Phi) is 12.2. The van der Waals surface area contributed by atoms with Gasteiger partial charge < -0.3 is 30.1 Å². The van der Waals surface area contributed by atoms with Gasteiger partial charge >= 0.3 is 0 Å². The van der Waals surface area contributed by atoms with Crippen molar-refractivity contribution >= 4 is 46.3 Å². The Morgan fingerprint density at radius 1 is 1.00 bits per heavy atom. The summed E-state index contributed by atoms with van der Waals surface area (Å²) in [5, 5.41) is 17.7. The van der Waals surface area contributed by atoms with Crippen molar-refractivity contribution in [1.82, 2.24) is 15.5 Å². The first-order valence-corrected chi connectivity index (χ1v) is 16.3. The fraction of sp³-hybridized carbons (Fsp3) is 0.382. The van der Waals surface area contributed by atoms with Crippen molar-refractivity contribution < 1.29 is 28.2 Å². The van der Waals surface area contributed by atoms with Gasteiger partial charge in [0.25, 0.3) is 12.3 Å². The molecular formula is C34H36Cl3F2N3O4. The van der Waals surface area contributed by atoms with Gasteiger partial charge in [-0.1, -0.05) is 65.1 Å². The Bertz CT molecular complexity index is 1520. The summed E-state index contributed by atoms with van der Waals surface area (Å²) >= 11 is 18.9. The maximum atomic E-state index is 14.3. The highest BCUT2D eigenvalue weighted by molar-refractivity contribution is 6.37. The number of aliphatic hydroxyl groups excluding tert-OH is 1. The molecule has 1 saturated carbocycles. The third-order valence-corrected chi connectivity index (χ3v) is 8.86. The lowest BCUT2D eigenvalue weighted by molar-refractivity contribution is -0.128. The van der Waals surface area contributed by atoms with E-state index in [1.165, 1.54) is 0 Å². The molecule has 0 saturated heterocycles. The smallest absolute Gasteiger partial charge is 0.252 e. The van der Waals surface area contributed by atoms with Gasteiger partial charge in [0.15, 0.2) is 5.75 Å². The number of rotatable bonds is 15. The summed E-state index contributed by atoms with van der Waals surface area (Å²) in [5.41, 5.74) is 3.82. The largest absolute Gasteiger partial charge is 0.490 e. The van der Waals surface area contributed by atoms with Crippen molar-refractivity contribution in [3.63, 3.8) is 0 Å². The van der Waals surface area contributed by atoms with Crippen molar-refractivity contribution in [3.8, 4) is 11.5 Å². The lowest BCUT2D eigenvalue weighted by atomic mass is 9.88. The number of benzene rings is 3. The highest BCUT2D eigenvalue weighted by Crippen LogP contribution is 2.36. The molecule has 3 aromatic carbocycles. The molecule has 246 valence electrons. The SMILES string of the molecule is O=C(C1=C(c2ccc(OCCOc3c(Cl)cccc3Cl)cc2)CCNC1CO)N(Cc1cc(CNCC(F)F)ccc1Cl)C1CC1. The zero-order valence-corrected chi connectivity index (χ0v) is 27.4. The van der Waals surface area contributed by atoms with Crippen LogP contribution in [0.15, 0.2) is 66.2 Å². The van der Waals surface area contributed by atoms with Gasteiger partial charge in [0.05, 0.1) is 29.2 Å². The average molecular weight is 695 g/mol. The molecule has 46 heavy (non-hydrogen) atoms. The van der Waals surface area contributed by atoms with Crippen LogP contribution < -0.4 is 20.1 Å². The van der Waals surface area contributed by atoms with Gasteiger partial charge in [0.2, 0.25) is 0 Å². The highest BCUT2D eigenvalue weighted by Gasteiger charge is 2.38. The van der Waals surface area contributed by atoms with E-state index in [9.17, 15) is 18.7 Å². The van der Waals surface area contributed by atoms with Crippen molar-refractivity contribution in [1.29, 1.82) is 0 Å². The number of hydrogen-bond acceptors (Lipinski definition) is 6. The Morgan fingerprint density at radius 3 is 2.39 bits per heavy atom. The van der Waals surface area contributed by atoms with Gasteiger partial charge in [0, 0.05) is 29.7 Å². The number of nitrogens with zero attached hydrogens (tertiary/aromatic N) is 1. The monoisotopic (exact) mass is 693 g/mol. The van der Waals surface area contributed by atoms with Gasteiger partial charge in [-0.2, -0.15) is 0 Å². The number of ether oxygens (including phenoxy) is 2. The molecule has 3 N–H and O–H groups in total. The van der Waals surface area contributed by atoms with Crippen LogP contribution >= 0.6 is 34.8 Å². The van der Waals surface area contributed by atoms with Gasteiger partial charge in [-0.3, -0.25) is 4.79 Å². The molecular weight excluding hydrogens is 659 g/mol. The van der Waals surface area contributed by atoms with Crippen LogP contribution in [0.5, 0.6) is 11.5 Å². The maximum Gasteiger partial charge on any atom is 0.252 e. The predicted octanol–water partition coefficient (Wildman–Crippen LogP) is 6.76.